The van der Waals surface area contributed by atoms with Gasteiger partial charge in [0.1, 0.15) is 0 Å². The van der Waals surface area contributed by atoms with Gasteiger partial charge in [0, 0.05) is 6.54 Å². The van der Waals surface area contributed by atoms with Crippen molar-refractivity contribution in [3.63, 3.8) is 0 Å². The summed E-state index contributed by atoms with van der Waals surface area (Å²) in [5, 5.41) is 3.19. The van der Waals surface area contributed by atoms with E-state index in [4.69, 9.17) is 0 Å². The molecule has 0 saturated carbocycles. The van der Waals surface area contributed by atoms with E-state index in [1.807, 2.05) is 7.05 Å². The monoisotopic (exact) mass is 222 g/mol. The minimum Gasteiger partial charge on any atom is -0.320 e. The molecule has 2 nitrogen and oxygen atoms in total. The number of rotatable bonds is 7. The highest BCUT2D eigenvalue weighted by Gasteiger charge is 2.06. The second-order valence-electron chi connectivity index (χ2n) is 4.89. The molecule has 0 aromatic rings. The van der Waals surface area contributed by atoms with E-state index < -0.39 is 0 Å². The lowest BCUT2D eigenvalue weighted by atomic mass is 9.99. The van der Waals surface area contributed by atoms with Gasteiger partial charge in [0.2, 0.25) is 0 Å². The van der Waals surface area contributed by atoms with Gasteiger partial charge < -0.3 is 10.2 Å². The Morgan fingerprint density at radius 1 is 1.25 bits per heavy atom. The summed E-state index contributed by atoms with van der Waals surface area (Å²) in [4.78, 5) is 2.44. The average Bonchev–Trinajstić information content (AvgIpc) is 2.28. The van der Waals surface area contributed by atoms with E-state index in [0.717, 1.165) is 13.1 Å². The molecule has 0 fully saturated rings. The maximum absolute atomic E-state index is 3.19. The van der Waals surface area contributed by atoms with Gasteiger partial charge in [-0.05, 0) is 59.8 Å². The second kappa shape index (κ2) is 7.64. The third-order valence-electron chi connectivity index (χ3n) is 3.13. The van der Waals surface area contributed by atoms with Crippen molar-refractivity contribution in [2.24, 2.45) is 0 Å². The molecule has 0 amide bonds. The van der Waals surface area contributed by atoms with Crippen molar-refractivity contribution in [3.05, 3.63) is 23.3 Å². The Hall–Kier alpha value is -0.600. The van der Waals surface area contributed by atoms with Crippen LogP contribution in [-0.2, 0) is 0 Å². The van der Waals surface area contributed by atoms with Crippen LogP contribution in [0.25, 0.3) is 0 Å². The first-order chi connectivity index (χ1) is 7.72. The van der Waals surface area contributed by atoms with Crippen LogP contribution in [0.2, 0.25) is 0 Å². The lowest BCUT2D eigenvalue weighted by Crippen LogP contribution is -2.23. The van der Waals surface area contributed by atoms with E-state index in [9.17, 15) is 0 Å². The molecular weight excluding hydrogens is 196 g/mol. The molecule has 2 heteroatoms. The standard InChI is InChI=1S/C14H26N2/c1-13-6-8-14(9-7-13)12-16(3)11-5-4-10-15-2/h6,8,15H,4-5,7,9-12H2,1-3H3. The Morgan fingerprint density at radius 2 is 2.06 bits per heavy atom. The zero-order valence-electron chi connectivity index (χ0n) is 11.1. The Kier molecular flexibility index (Phi) is 6.43. The zero-order valence-corrected chi connectivity index (χ0v) is 11.1. The fraction of sp³-hybridized carbons (Fsp3) is 0.714. The second-order valence-corrected chi connectivity index (χ2v) is 4.89. The van der Waals surface area contributed by atoms with Crippen LogP contribution in [0, 0.1) is 0 Å². The summed E-state index contributed by atoms with van der Waals surface area (Å²) in [5.41, 5.74) is 3.10. The summed E-state index contributed by atoms with van der Waals surface area (Å²) in [5.74, 6) is 0. The fourth-order valence-corrected chi connectivity index (χ4v) is 2.03. The number of likely N-dealkylation sites (N-methyl/N-ethyl adjacent to an activating group) is 1. The summed E-state index contributed by atoms with van der Waals surface area (Å²) >= 11 is 0. The smallest absolute Gasteiger partial charge is 0.0193 e. The van der Waals surface area contributed by atoms with E-state index in [0.29, 0.717) is 0 Å². The highest BCUT2D eigenvalue weighted by Crippen LogP contribution is 2.18. The maximum atomic E-state index is 3.19. The van der Waals surface area contributed by atoms with E-state index in [-0.39, 0.29) is 0 Å². The van der Waals surface area contributed by atoms with Gasteiger partial charge in [-0.15, -0.1) is 0 Å². The molecule has 0 saturated heterocycles. The van der Waals surface area contributed by atoms with Crippen molar-refractivity contribution in [1.29, 1.82) is 0 Å². The zero-order chi connectivity index (χ0) is 11.8. The number of nitrogens with one attached hydrogen (secondary N) is 1. The molecule has 1 N–H and O–H groups in total. The molecule has 0 spiro atoms. The Morgan fingerprint density at radius 3 is 2.69 bits per heavy atom. The molecule has 0 radical (unpaired) electrons. The molecular formula is C14H26N2. The Labute approximate surface area is 100 Å². The highest BCUT2D eigenvalue weighted by atomic mass is 15.1. The van der Waals surface area contributed by atoms with E-state index in [1.54, 1.807) is 5.57 Å². The van der Waals surface area contributed by atoms with Gasteiger partial charge in [-0.2, -0.15) is 0 Å². The van der Waals surface area contributed by atoms with Crippen LogP contribution in [-0.4, -0.2) is 38.6 Å². The van der Waals surface area contributed by atoms with Gasteiger partial charge in [-0.1, -0.05) is 23.3 Å². The molecule has 0 aliphatic heterocycles. The molecule has 0 aromatic carbocycles. The summed E-state index contributed by atoms with van der Waals surface area (Å²) in [6.45, 7) is 5.71. The predicted octanol–water partition coefficient (Wildman–Crippen LogP) is 2.58. The lowest BCUT2D eigenvalue weighted by molar-refractivity contribution is 0.347. The number of hydrogen-bond donors (Lipinski definition) is 1. The van der Waals surface area contributed by atoms with Gasteiger partial charge in [-0.3, -0.25) is 0 Å². The van der Waals surface area contributed by atoms with Gasteiger partial charge in [0.25, 0.3) is 0 Å². The van der Waals surface area contributed by atoms with Crippen LogP contribution in [0.15, 0.2) is 23.3 Å². The van der Waals surface area contributed by atoms with Gasteiger partial charge in [0.15, 0.2) is 0 Å². The fourth-order valence-electron chi connectivity index (χ4n) is 2.03. The van der Waals surface area contributed by atoms with Crippen LogP contribution < -0.4 is 5.32 Å². The summed E-state index contributed by atoms with van der Waals surface area (Å²) in [6.07, 6.45) is 9.65. The Bertz CT molecular complexity index is 253. The van der Waals surface area contributed by atoms with Gasteiger partial charge in [0.05, 0.1) is 0 Å². The van der Waals surface area contributed by atoms with E-state index in [1.165, 1.54) is 37.8 Å². The summed E-state index contributed by atoms with van der Waals surface area (Å²) in [7, 11) is 4.25. The van der Waals surface area contributed by atoms with Crippen molar-refractivity contribution in [2.75, 3.05) is 33.7 Å². The first-order valence-corrected chi connectivity index (χ1v) is 6.40. The SMILES string of the molecule is CNCCCCN(C)CC1=CC=C(C)CC1. The largest absolute Gasteiger partial charge is 0.320 e. The van der Waals surface area contributed by atoms with Crippen molar-refractivity contribution < 1.29 is 0 Å². The molecule has 16 heavy (non-hydrogen) atoms. The predicted molar refractivity (Wildman–Crippen MR) is 71.7 cm³/mol. The molecule has 92 valence electrons. The molecule has 0 unspecified atom stereocenters. The Balaban J connectivity index is 2.16. The van der Waals surface area contributed by atoms with Crippen molar-refractivity contribution in [2.45, 2.75) is 32.6 Å². The maximum Gasteiger partial charge on any atom is 0.0193 e. The van der Waals surface area contributed by atoms with Crippen molar-refractivity contribution in [3.8, 4) is 0 Å². The minimum atomic E-state index is 1.14. The topological polar surface area (TPSA) is 15.3 Å². The minimum absolute atomic E-state index is 1.14. The van der Waals surface area contributed by atoms with Crippen LogP contribution in [0.4, 0.5) is 0 Å². The molecule has 1 aliphatic carbocycles. The molecule has 0 atom stereocenters. The first kappa shape index (κ1) is 13.5. The normalized spacial score (nSPS) is 16.2. The van der Waals surface area contributed by atoms with Crippen molar-refractivity contribution in [1.82, 2.24) is 10.2 Å². The van der Waals surface area contributed by atoms with E-state index >= 15 is 0 Å². The van der Waals surface area contributed by atoms with Crippen LogP contribution in [0.5, 0.6) is 0 Å². The van der Waals surface area contributed by atoms with Crippen molar-refractivity contribution >= 4 is 0 Å². The van der Waals surface area contributed by atoms with Crippen LogP contribution >= 0.6 is 0 Å². The number of nitrogens with zero attached hydrogens (tertiary/aromatic N) is 1. The average molecular weight is 222 g/mol. The molecule has 0 heterocycles. The molecule has 1 rings (SSSR count). The van der Waals surface area contributed by atoms with E-state index in [2.05, 4.69) is 36.3 Å². The number of allylic oxidation sites excluding steroid dienone is 3. The quantitative estimate of drug-likeness (QED) is 0.666. The number of hydrogen-bond acceptors (Lipinski definition) is 2. The van der Waals surface area contributed by atoms with Crippen LogP contribution in [0.3, 0.4) is 0 Å². The first-order valence-electron chi connectivity index (χ1n) is 6.40. The molecule has 0 bridgehead atoms. The van der Waals surface area contributed by atoms with Gasteiger partial charge in [-0.25, -0.2) is 0 Å². The third-order valence-corrected chi connectivity index (χ3v) is 3.13. The van der Waals surface area contributed by atoms with Gasteiger partial charge >= 0.3 is 0 Å². The third kappa shape index (κ3) is 5.47. The molecule has 0 aromatic heterocycles. The summed E-state index contributed by atoms with van der Waals surface area (Å²) < 4.78 is 0. The number of unbranched alkanes of at least 4 members (excludes halogenated alkanes) is 1. The highest BCUT2D eigenvalue weighted by molar-refractivity contribution is 5.23. The summed E-state index contributed by atoms with van der Waals surface area (Å²) in [6, 6.07) is 0. The lowest BCUT2D eigenvalue weighted by Gasteiger charge is -2.20. The molecule has 1 aliphatic rings. The van der Waals surface area contributed by atoms with Crippen LogP contribution in [0.1, 0.15) is 32.6 Å².